The van der Waals surface area contributed by atoms with Crippen LogP contribution in [0.4, 0.5) is 0 Å². The van der Waals surface area contributed by atoms with E-state index in [-0.39, 0.29) is 0 Å². The summed E-state index contributed by atoms with van der Waals surface area (Å²) in [6.45, 7) is 2.29. The summed E-state index contributed by atoms with van der Waals surface area (Å²) in [5, 5.41) is 4.93. The lowest BCUT2D eigenvalue weighted by Crippen LogP contribution is -2.29. The van der Waals surface area contributed by atoms with E-state index in [1.807, 2.05) is 24.7 Å². The van der Waals surface area contributed by atoms with Crippen molar-refractivity contribution in [3.8, 4) is 33.4 Å². The first kappa shape index (κ1) is 27.7. The monoisotopic (exact) mass is 568 g/mol. The summed E-state index contributed by atoms with van der Waals surface area (Å²) >= 11 is 0. The quantitative estimate of drug-likeness (QED) is 0.216. The van der Waals surface area contributed by atoms with Crippen molar-refractivity contribution in [2.45, 2.75) is 32.6 Å². The number of hydrogen-bond donors (Lipinski definition) is 0. The Balaban J connectivity index is 1.52. The molecule has 3 aromatic carbocycles. The zero-order valence-corrected chi connectivity index (χ0v) is 25.2. The molecule has 0 bridgehead atoms. The molecule has 5 aromatic rings. The van der Waals surface area contributed by atoms with Crippen molar-refractivity contribution in [2.24, 2.45) is 5.92 Å². The van der Waals surface area contributed by atoms with Crippen LogP contribution in [-0.4, -0.2) is 9.97 Å². The summed E-state index contributed by atoms with van der Waals surface area (Å²) in [4.78, 5) is 9.05. The summed E-state index contributed by atoms with van der Waals surface area (Å²) in [5.74, 6) is 0.485. The predicted octanol–water partition coefficient (Wildman–Crippen LogP) is 9.47. The average Bonchev–Trinajstić information content (AvgIpc) is 3.18. The molecule has 2 heterocycles. The molecular formula is C42H36N2. The predicted molar refractivity (Wildman–Crippen MR) is 187 cm³/mol. The lowest BCUT2D eigenvalue weighted by molar-refractivity contribution is 0.745. The normalized spacial score (nSPS) is 21.3. The lowest BCUT2D eigenvalue weighted by Gasteiger charge is -2.17. The van der Waals surface area contributed by atoms with Gasteiger partial charge in [-0.3, -0.25) is 9.97 Å². The maximum Gasteiger partial charge on any atom is 0.0353 e. The van der Waals surface area contributed by atoms with Gasteiger partial charge < -0.3 is 0 Å². The van der Waals surface area contributed by atoms with Crippen LogP contribution in [0.3, 0.4) is 0 Å². The largest absolute Gasteiger partial charge is 0.264 e. The molecule has 214 valence electrons. The van der Waals surface area contributed by atoms with E-state index >= 15 is 0 Å². The molecule has 2 aromatic heterocycles. The number of pyridine rings is 2. The van der Waals surface area contributed by atoms with Gasteiger partial charge in [0, 0.05) is 35.7 Å². The smallest absolute Gasteiger partial charge is 0.0353 e. The van der Waals surface area contributed by atoms with Crippen molar-refractivity contribution in [3.05, 3.63) is 150 Å². The van der Waals surface area contributed by atoms with Gasteiger partial charge in [0.1, 0.15) is 0 Å². The van der Waals surface area contributed by atoms with Gasteiger partial charge in [0.15, 0.2) is 0 Å². The van der Waals surface area contributed by atoms with Crippen LogP contribution >= 0.6 is 0 Å². The fraction of sp³-hybridized carbons (Fsp3) is 0.143. The Kier molecular flexibility index (Phi) is 7.97. The number of aromatic nitrogens is 2. The SMILES string of the molecule is CC1\C=C(c2cccc(-c3c4/c(c(-c5cccc(-c6cccnc6)c5)c5ccncc35)=C\CCC\C=C\C=4)c2)/C=C\C=C\C1. The van der Waals surface area contributed by atoms with Gasteiger partial charge in [-0.15, -0.1) is 0 Å². The molecule has 44 heavy (non-hydrogen) atoms. The van der Waals surface area contributed by atoms with Crippen molar-refractivity contribution >= 4 is 28.5 Å². The molecule has 0 aliphatic heterocycles. The zero-order chi connectivity index (χ0) is 29.7. The van der Waals surface area contributed by atoms with Crippen LogP contribution in [0.15, 0.2) is 134 Å². The zero-order valence-electron chi connectivity index (χ0n) is 25.2. The van der Waals surface area contributed by atoms with Crippen LogP contribution in [0.1, 0.15) is 38.2 Å². The topological polar surface area (TPSA) is 25.8 Å². The maximum absolute atomic E-state index is 4.67. The first-order valence-electron chi connectivity index (χ1n) is 15.7. The fourth-order valence-electron chi connectivity index (χ4n) is 6.52. The van der Waals surface area contributed by atoms with E-state index in [2.05, 4.69) is 138 Å². The first-order chi connectivity index (χ1) is 21.8. The molecular weight excluding hydrogens is 532 g/mol. The van der Waals surface area contributed by atoms with E-state index in [4.69, 9.17) is 0 Å². The Bertz CT molecular complexity index is 2080. The highest BCUT2D eigenvalue weighted by Crippen LogP contribution is 2.34. The van der Waals surface area contributed by atoms with Crippen LogP contribution < -0.4 is 10.4 Å². The molecule has 2 aliphatic rings. The Morgan fingerprint density at radius 1 is 0.636 bits per heavy atom. The van der Waals surface area contributed by atoms with E-state index < -0.39 is 0 Å². The third-order valence-electron chi connectivity index (χ3n) is 8.64. The molecule has 0 radical (unpaired) electrons. The molecule has 0 saturated carbocycles. The molecule has 0 spiro atoms. The van der Waals surface area contributed by atoms with E-state index in [9.17, 15) is 0 Å². The third kappa shape index (κ3) is 5.64. The standard InChI is InChI=1S/C42H36N2/c1-30-13-6-5-7-14-31(25-30)32-15-10-18-35(26-32)42-38-21-9-4-2-3-8-20-37(38)41(39-22-24-44-29-40(39)42)34-17-11-16-33(27-34)36-19-12-23-43-28-36/h4-7,9-12,14-30H,2-3,8,13H2,1H3/b6-5+,9-4+,14-7-,31-25+,37-20+,38-21+. The minimum atomic E-state index is 0.485. The van der Waals surface area contributed by atoms with Crippen LogP contribution in [0.5, 0.6) is 0 Å². The van der Waals surface area contributed by atoms with E-state index in [0.29, 0.717) is 5.92 Å². The number of allylic oxidation sites excluding steroid dienone is 8. The van der Waals surface area contributed by atoms with Crippen molar-refractivity contribution in [3.63, 3.8) is 0 Å². The molecule has 7 rings (SSSR count). The van der Waals surface area contributed by atoms with Gasteiger partial charge in [-0.2, -0.15) is 0 Å². The number of rotatable bonds is 4. The van der Waals surface area contributed by atoms with Gasteiger partial charge in [-0.05, 0) is 111 Å². The van der Waals surface area contributed by atoms with E-state index in [1.165, 1.54) is 60.2 Å². The summed E-state index contributed by atoms with van der Waals surface area (Å²) in [6, 6.07) is 24.3. The second-order valence-corrected chi connectivity index (χ2v) is 11.8. The minimum absolute atomic E-state index is 0.485. The Morgan fingerprint density at radius 2 is 1.41 bits per heavy atom. The van der Waals surface area contributed by atoms with Gasteiger partial charge in [-0.1, -0.05) is 104 Å². The second kappa shape index (κ2) is 12.7. The van der Waals surface area contributed by atoms with Gasteiger partial charge in [-0.25, -0.2) is 0 Å². The third-order valence-corrected chi connectivity index (χ3v) is 8.64. The number of fused-ring (bicyclic) bond motifs is 2. The molecule has 0 saturated heterocycles. The first-order valence-corrected chi connectivity index (χ1v) is 15.7. The van der Waals surface area contributed by atoms with Crippen molar-refractivity contribution in [2.75, 3.05) is 0 Å². The van der Waals surface area contributed by atoms with Gasteiger partial charge >= 0.3 is 0 Å². The minimum Gasteiger partial charge on any atom is -0.264 e. The highest BCUT2D eigenvalue weighted by atomic mass is 14.6. The maximum atomic E-state index is 4.67. The van der Waals surface area contributed by atoms with Crippen molar-refractivity contribution in [1.29, 1.82) is 0 Å². The second-order valence-electron chi connectivity index (χ2n) is 11.8. The van der Waals surface area contributed by atoms with Crippen LogP contribution in [0.25, 0.3) is 61.9 Å². The van der Waals surface area contributed by atoms with Gasteiger partial charge in [0.05, 0.1) is 0 Å². The summed E-state index contributed by atoms with van der Waals surface area (Å²) < 4.78 is 0. The Labute approximate surface area is 259 Å². The molecule has 2 nitrogen and oxygen atoms in total. The highest BCUT2D eigenvalue weighted by Gasteiger charge is 2.16. The number of benzene rings is 3. The highest BCUT2D eigenvalue weighted by molar-refractivity contribution is 6.06. The molecule has 1 unspecified atom stereocenters. The molecule has 0 amide bonds. The Morgan fingerprint density at radius 3 is 2.27 bits per heavy atom. The molecule has 1 atom stereocenters. The van der Waals surface area contributed by atoms with Gasteiger partial charge in [0.25, 0.3) is 0 Å². The van der Waals surface area contributed by atoms with Crippen molar-refractivity contribution < 1.29 is 0 Å². The summed E-state index contributed by atoms with van der Waals surface area (Å²) in [5.41, 5.74) is 9.72. The lowest BCUT2D eigenvalue weighted by atomic mass is 9.87. The number of nitrogens with zero attached hydrogens (tertiary/aromatic N) is 2. The number of hydrogen-bond acceptors (Lipinski definition) is 2. The summed E-state index contributed by atoms with van der Waals surface area (Å²) in [7, 11) is 0. The van der Waals surface area contributed by atoms with Crippen LogP contribution in [-0.2, 0) is 0 Å². The van der Waals surface area contributed by atoms with Gasteiger partial charge in [0.2, 0.25) is 0 Å². The fourth-order valence-corrected chi connectivity index (χ4v) is 6.52. The average molecular weight is 569 g/mol. The molecule has 2 aliphatic carbocycles. The molecule has 2 heteroatoms. The Hall–Kier alpha value is -5.08. The summed E-state index contributed by atoms with van der Waals surface area (Å²) in [6.07, 6.45) is 32.6. The molecule has 0 N–H and O–H groups in total. The van der Waals surface area contributed by atoms with Crippen LogP contribution in [0.2, 0.25) is 0 Å². The van der Waals surface area contributed by atoms with Crippen molar-refractivity contribution in [1.82, 2.24) is 9.97 Å². The van der Waals surface area contributed by atoms with Crippen LogP contribution in [0, 0.1) is 5.92 Å². The molecule has 0 fully saturated rings. The van der Waals surface area contributed by atoms with E-state index in [1.54, 1.807) is 0 Å². The van der Waals surface area contributed by atoms with E-state index in [0.717, 1.165) is 31.2 Å².